The Morgan fingerprint density at radius 3 is 1.93 bits per heavy atom. The number of nitrogens with zero attached hydrogens (tertiary/aromatic N) is 1. The second-order valence-corrected chi connectivity index (χ2v) is 9.16. The normalized spacial score (nSPS) is 13.7. The first kappa shape index (κ1) is 31.1. The molecule has 1 N–H and O–H groups in total. The van der Waals surface area contributed by atoms with Crippen LogP contribution in [0.15, 0.2) is 66.7 Å². The Morgan fingerprint density at radius 1 is 0.750 bits per heavy atom. The highest BCUT2D eigenvalue weighted by Gasteiger charge is 2.73. The highest BCUT2D eigenvalue weighted by Crippen LogP contribution is 2.52. The van der Waals surface area contributed by atoms with Crippen molar-refractivity contribution in [3.8, 4) is 11.5 Å². The third-order valence-corrected chi connectivity index (χ3v) is 5.85. The molecule has 3 nitrogen and oxygen atoms in total. The molecule has 40 heavy (non-hydrogen) atoms. The van der Waals surface area contributed by atoms with E-state index < -0.39 is 54.5 Å². The van der Waals surface area contributed by atoms with Crippen molar-refractivity contribution in [2.75, 3.05) is 11.4 Å². The van der Waals surface area contributed by atoms with Crippen LogP contribution in [0.2, 0.25) is 0 Å². The molecule has 0 fully saturated rings. The van der Waals surface area contributed by atoms with Crippen molar-refractivity contribution in [1.82, 2.24) is 0 Å². The molecule has 0 aliphatic carbocycles. The first-order chi connectivity index (χ1) is 18.3. The van der Waals surface area contributed by atoms with E-state index in [1.54, 1.807) is 26.0 Å². The molecule has 218 valence electrons. The van der Waals surface area contributed by atoms with Crippen LogP contribution in [0.4, 0.5) is 49.6 Å². The molecule has 0 amide bonds. The van der Waals surface area contributed by atoms with E-state index in [1.807, 2.05) is 6.07 Å². The van der Waals surface area contributed by atoms with Gasteiger partial charge in [-0.05, 0) is 54.8 Å². The minimum absolute atomic E-state index is 0.0937. The number of hydrogen-bond acceptors (Lipinski definition) is 3. The summed E-state index contributed by atoms with van der Waals surface area (Å²) in [6, 6.07) is 13.4. The van der Waals surface area contributed by atoms with Gasteiger partial charge in [-0.3, -0.25) is 0 Å². The lowest BCUT2D eigenvalue weighted by Gasteiger charge is -2.32. The van der Waals surface area contributed by atoms with E-state index >= 15 is 0 Å². The smallest absolute Gasteiger partial charge is 0.457 e. The van der Waals surface area contributed by atoms with Gasteiger partial charge in [-0.25, -0.2) is 0 Å². The van der Waals surface area contributed by atoms with Crippen LogP contribution in [0.25, 0.3) is 0 Å². The minimum Gasteiger partial charge on any atom is -0.457 e. The number of anilines is 1. The van der Waals surface area contributed by atoms with Gasteiger partial charge in [-0.15, -0.1) is 0 Å². The van der Waals surface area contributed by atoms with E-state index in [4.69, 9.17) is 4.74 Å². The third-order valence-electron chi connectivity index (χ3n) is 5.85. The van der Waals surface area contributed by atoms with Gasteiger partial charge >= 0.3 is 24.2 Å². The van der Waals surface area contributed by atoms with Crippen LogP contribution in [-0.2, 0) is 12.5 Å². The van der Waals surface area contributed by atoms with Gasteiger partial charge in [0.1, 0.15) is 11.5 Å². The molecule has 0 aliphatic rings. The zero-order valence-electron chi connectivity index (χ0n) is 20.9. The fourth-order valence-corrected chi connectivity index (χ4v) is 3.96. The Hall–Kier alpha value is -3.48. The van der Waals surface area contributed by atoms with E-state index in [1.165, 1.54) is 24.3 Å². The van der Waals surface area contributed by atoms with Crippen molar-refractivity contribution in [3.05, 3.63) is 89.0 Å². The summed E-state index contributed by atoms with van der Waals surface area (Å²) in [6.07, 6.45) is -14.8. The topological polar surface area (TPSA) is 32.7 Å². The Kier molecular flexibility index (Phi) is 8.68. The predicted octanol–water partition coefficient (Wildman–Crippen LogP) is 8.31. The third kappa shape index (κ3) is 6.80. The average Bonchev–Trinajstić information content (AvgIpc) is 2.82. The molecule has 0 saturated carbocycles. The molecule has 0 heterocycles. The largest absolute Gasteiger partial charge is 0.460 e. The Labute approximate surface area is 222 Å². The number of alkyl halides is 10. The van der Waals surface area contributed by atoms with Crippen LogP contribution in [0.1, 0.15) is 22.3 Å². The summed E-state index contributed by atoms with van der Waals surface area (Å²) < 4.78 is 141. The standard InChI is InChI=1S/C27H23F10NO2/c1-16-10-17(2)12-21(11-16)40-20-8-5-7-19(13-20)38(15-23(39)25(30,31)32)14-18-6-3-4-9-22(18)24(28,29)26(33,34)27(35,36)37/h3-13,23,39H,14-15H2,1-2H3/t23-/m1/s1. The van der Waals surface area contributed by atoms with Crippen LogP contribution in [0, 0.1) is 13.8 Å². The number of benzene rings is 3. The summed E-state index contributed by atoms with van der Waals surface area (Å²) in [5, 5.41) is 9.71. The van der Waals surface area contributed by atoms with Gasteiger partial charge in [0.15, 0.2) is 6.10 Å². The molecule has 3 aromatic carbocycles. The summed E-state index contributed by atoms with van der Waals surface area (Å²) in [5.74, 6) is -11.8. The molecule has 3 aromatic rings. The number of rotatable bonds is 9. The molecule has 0 bridgehead atoms. The minimum atomic E-state index is -6.62. The van der Waals surface area contributed by atoms with Gasteiger partial charge in [0.25, 0.3) is 0 Å². The zero-order chi connectivity index (χ0) is 30.1. The summed E-state index contributed by atoms with van der Waals surface area (Å²) in [5.41, 5.74) is -0.979. The van der Waals surface area contributed by atoms with Crippen molar-refractivity contribution in [3.63, 3.8) is 0 Å². The number of aliphatic hydroxyl groups is 1. The van der Waals surface area contributed by atoms with Crippen molar-refractivity contribution >= 4 is 5.69 Å². The SMILES string of the molecule is Cc1cc(C)cc(Oc2cccc(N(Cc3ccccc3C(F)(F)C(F)(F)C(F)(F)F)C[C@@H](O)C(F)(F)F)c2)c1. The highest BCUT2D eigenvalue weighted by atomic mass is 19.4. The Bertz CT molecular complexity index is 1300. The van der Waals surface area contributed by atoms with E-state index in [9.17, 15) is 49.0 Å². The lowest BCUT2D eigenvalue weighted by Crippen LogP contribution is -2.50. The summed E-state index contributed by atoms with van der Waals surface area (Å²) in [6.45, 7) is 1.35. The number of aliphatic hydroxyl groups excluding tert-OH is 1. The first-order valence-corrected chi connectivity index (χ1v) is 11.6. The molecule has 0 saturated heterocycles. The number of ether oxygens (including phenoxy) is 1. The predicted molar refractivity (Wildman–Crippen MR) is 127 cm³/mol. The second-order valence-electron chi connectivity index (χ2n) is 9.16. The number of aryl methyl sites for hydroxylation is 2. The molecule has 3 rings (SSSR count). The fraction of sp³-hybridized carbons (Fsp3) is 0.333. The lowest BCUT2D eigenvalue weighted by molar-refractivity contribution is -0.359. The molecular formula is C27H23F10NO2. The molecule has 0 spiro atoms. The van der Waals surface area contributed by atoms with E-state index in [2.05, 4.69) is 0 Å². The van der Waals surface area contributed by atoms with Crippen molar-refractivity contribution < 1.29 is 53.7 Å². The van der Waals surface area contributed by atoms with Gasteiger partial charge in [0.05, 0.1) is 6.54 Å². The number of hydrogen-bond donors (Lipinski definition) is 1. The number of halogens is 10. The van der Waals surface area contributed by atoms with Crippen molar-refractivity contribution in [2.45, 2.75) is 50.7 Å². The van der Waals surface area contributed by atoms with Crippen LogP contribution in [-0.4, -0.2) is 36.0 Å². The lowest BCUT2D eigenvalue weighted by atomic mass is 9.96. The Morgan fingerprint density at radius 2 is 1.35 bits per heavy atom. The van der Waals surface area contributed by atoms with E-state index in [0.717, 1.165) is 34.2 Å². The van der Waals surface area contributed by atoms with Gasteiger partial charge in [-0.1, -0.05) is 36.4 Å². The van der Waals surface area contributed by atoms with Gasteiger partial charge < -0.3 is 14.7 Å². The highest BCUT2D eigenvalue weighted by molar-refractivity contribution is 5.53. The maximum atomic E-state index is 14.6. The van der Waals surface area contributed by atoms with Crippen molar-refractivity contribution in [1.29, 1.82) is 0 Å². The van der Waals surface area contributed by atoms with Crippen LogP contribution in [0.3, 0.4) is 0 Å². The van der Waals surface area contributed by atoms with E-state index in [0.29, 0.717) is 11.8 Å². The van der Waals surface area contributed by atoms with Gasteiger partial charge in [0.2, 0.25) is 0 Å². The summed E-state index contributed by atoms with van der Waals surface area (Å²) in [7, 11) is 0. The fourth-order valence-electron chi connectivity index (χ4n) is 3.96. The molecule has 13 heteroatoms. The van der Waals surface area contributed by atoms with Gasteiger partial charge in [-0.2, -0.15) is 43.9 Å². The van der Waals surface area contributed by atoms with Crippen LogP contribution in [0.5, 0.6) is 11.5 Å². The molecule has 0 aliphatic heterocycles. The van der Waals surface area contributed by atoms with Crippen LogP contribution >= 0.6 is 0 Å². The average molecular weight is 583 g/mol. The van der Waals surface area contributed by atoms with Crippen LogP contribution < -0.4 is 9.64 Å². The Balaban J connectivity index is 2.05. The zero-order valence-corrected chi connectivity index (χ0v) is 20.9. The molecular weight excluding hydrogens is 560 g/mol. The second kappa shape index (κ2) is 11.2. The quantitative estimate of drug-likeness (QED) is 0.257. The van der Waals surface area contributed by atoms with Gasteiger partial charge in [0, 0.05) is 23.9 Å². The summed E-state index contributed by atoms with van der Waals surface area (Å²) >= 11 is 0. The maximum Gasteiger partial charge on any atom is 0.460 e. The molecule has 0 unspecified atom stereocenters. The van der Waals surface area contributed by atoms with Crippen molar-refractivity contribution in [2.24, 2.45) is 0 Å². The maximum absolute atomic E-state index is 14.6. The monoisotopic (exact) mass is 583 g/mol. The summed E-state index contributed by atoms with van der Waals surface area (Å²) in [4.78, 5) is 0.729. The molecule has 0 aromatic heterocycles. The first-order valence-electron chi connectivity index (χ1n) is 11.6. The molecule has 1 atom stereocenters. The molecule has 0 radical (unpaired) electrons. The van der Waals surface area contributed by atoms with E-state index in [-0.39, 0.29) is 11.4 Å².